The average Bonchev–Trinajstić information content (AvgIpc) is 2.87. The van der Waals surface area contributed by atoms with Gasteiger partial charge in [-0.15, -0.1) is 0 Å². The van der Waals surface area contributed by atoms with Gasteiger partial charge in [-0.25, -0.2) is 4.98 Å². The van der Waals surface area contributed by atoms with Gasteiger partial charge in [0, 0.05) is 35.8 Å². The van der Waals surface area contributed by atoms with Gasteiger partial charge < -0.3 is 25.6 Å². The number of amides is 1. The number of aromatic nitrogens is 2. The molecule has 0 unspecified atom stereocenters. The highest BCUT2D eigenvalue weighted by atomic mass is 16.5. The molecule has 3 aromatic carbocycles. The number of anilines is 5. The van der Waals surface area contributed by atoms with Gasteiger partial charge in [0.2, 0.25) is 11.9 Å². The predicted molar refractivity (Wildman–Crippen MR) is 151 cm³/mol. The topological polar surface area (TPSA) is 91.4 Å². The van der Waals surface area contributed by atoms with Crippen LogP contribution < -0.4 is 20.7 Å². The maximum Gasteiger partial charge on any atom is 0.248 e. The van der Waals surface area contributed by atoms with Gasteiger partial charge in [0.15, 0.2) is 0 Å². The summed E-state index contributed by atoms with van der Waals surface area (Å²) in [5.41, 5.74) is 3.13. The Kier molecular flexibility index (Phi) is 8.33. The molecule has 0 fully saturated rings. The van der Waals surface area contributed by atoms with Gasteiger partial charge in [-0.1, -0.05) is 36.4 Å². The quantitative estimate of drug-likeness (QED) is 0.236. The van der Waals surface area contributed by atoms with Crippen LogP contribution in [0.1, 0.15) is 12.5 Å². The Balaban J connectivity index is 1.54. The molecule has 4 rings (SSSR count). The number of carbonyl (C=O) groups is 1. The fourth-order valence-corrected chi connectivity index (χ4v) is 3.69. The van der Waals surface area contributed by atoms with Crippen LogP contribution in [0.3, 0.4) is 0 Å². The first-order chi connectivity index (χ1) is 17.9. The van der Waals surface area contributed by atoms with Crippen molar-refractivity contribution in [3.8, 4) is 5.75 Å². The molecule has 0 saturated carbocycles. The van der Waals surface area contributed by atoms with Gasteiger partial charge in [-0.3, -0.25) is 4.79 Å². The molecule has 1 heterocycles. The first-order valence-corrected chi connectivity index (χ1v) is 12.2. The zero-order chi connectivity index (χ0) is 26.2. The zero-order valence-electron chi connectivity index (χ0n) is 21.6. The molecular weight excluding hydrogens is 464 g/mol. The van der Waals surface area contributed by atoms with Crippen LogP contribution in [0.2, 0.25) is 0 Å². The van der Waals surface area contributed by atoms with Gasteiger partial charge in [0.25, 0.3) is 0 Å². The third kappa shape index (κ3) is 7.05. The fourth-order valence-electron chi connectivity index (χ4n) is 3.69. The van der Waals surface area contributed by atoms with Gasteiger partial charge >= 0.3 is 0 Å². The summed E-state index contributed by atoms with van der Waals surface area (Å²) >= 11 is 0. The molecule has 0 aliphatic heterocycles. The van der Waals surface area contributed by atoms with Crippen molar-refractivity contribution in [3.05, 3.63) is 84.6 Å². The first-order valence-electron chi connectivity index (χ1n) is 12.2. The van der Waals surface area contributed by atoms with E-state index in [0.29, 0.717) is 42.0 Å². The summed E-state index contributed by atoms with van der Waals surface area (Å²) in [5, 5.41) is 11.9. The Labute approximate surface area is 217 Å². The van der Waals surface area contributed by atoms with Crippen LogP contribution in [-0.4, -0.2) is 48.0 Å². The number of hydrogen-bond donors (Lipinski definition) is 3. The van der Waals surface area contributed by atoms with E-state index in [2.05, 4.69) is 45.2 Å². The molecule has 0 spiro atoms. The minimum absolute atomic E-state index is 0.203. The Bertz CT molecular complexity index is 1420. The van der Waals surface area contributed by atoms with E-state index in [0.717, 1.165) is 16.6 Å². The molecule has 0 radical (unpaired) electrons. The van der Waals surface area contributed by atoms with Crippen molar-refractivity contribution < 1.29 is 9.53 Å². The molecule has 1 aromatic heterocycles. The monoisotopic (exact) mass is 496 g/mol. The average molecular weight is 497 g/mol. The lowest BCUT2D eigenvalue weighted by molar-refractivity contribution is -0.111. The summed E-state index contributed by atoms with van der Waals surface area (Å²) < 4.78 is 5.79. The summed E-state index contributed by atoms with van der Waals surface area (Å²) in [5.74, 6) is 1.53. The molecule has 0 bridgehead atoms. The Morgan fingerprint density at radius 3 is 2.57 bits per heavy atom. The molecule has 8 nitrogen and oxygen atoms in total. The van der Waals surface area contributed by atoms with Crippen LogP contribution in [0, 0.1) is 6.92 Å². The molecule has 37 heavy (non-hydrogen) atoms. The molecule has 3 N–H and O–H groups in total. The smallest absolute Gasteiger partial charge is 0.248 e. The second kappa shape index (κ2) is 12.0. The summed E-state index contributed by atoms with van der Waals surface area (Å²) in [7, 11) is 3.89. The maximum absolute atomic E-state index is 12.3. The number of likely N-dealkylation sites (N-methyl/N-ethyl adjacent to an activating group) is 1. The van der Waals surface area contributed by atoms with E-state index in [1.54, 1.807) is 12.3 Å². The van der Waals surface area contributed by atoms with Crippen molar-refractivity contribution in [2.45, 2.75) is 13.8 Å². The minimum Gasteiger partial charge on any atom is -0.492 e. The van der Waals surface area contributed by atoms with Crippen molar-refractivity contribution >= 4 is 45.5 Å². The predicted octanol–water partition coefficient (Wildman–Crippen LogP) is 5.88. The molecule has 4 aromatic rings. The summed E-state index contributed by atoms with van der Waals surface area (Å²) in [6, 6.07) is 19.9. The number of nitrogens with one attached hydrogen (secondary N) is 3. The number of hydrogen-bond acceptors (Lipinski definition) is 7. The van der Waals surface area contributed by atoms with Gasteiger partial charge in [0.05, 0.1) is 12.3 Å². The number of nitrogens with zero attached hydrogens (tertiary/aromatic N) is 3. The van der Waals surface area contributed by atoms with Crippen molar-refractivity contribution in [3.63, 3.8) is 0 Å². The third-order valence-electron chi connectivity index (χ3n) is 5.52. The summed E-state index contributed by atoms with van der Waals surface area (Å²) in [6.07, 6.45) is 5.10. The summed E-state index contributed by atoms with van der Waals surface area (Å²) in [6.45, 7) is 5.06. The minimum atomic E-state index is -0.203. The molecule has 8 heteroatoms. The van der Waals surface area contributed by atoms with Crippen LogP contribution in [0.15, 0.2) is 79.0 Å². The van der Waals surface area contributed by atoms with E-state index in [-0.39, 0.29) is 5.91 Å². The number of fused-ring (bicyclic) bond motifs is 1. The van der Waals surface area contributed by atoms with Crippen molar-refractivity contribution in [2.24, 2.45) is 0 Å². The molecule has 0 aliphatic carbocycles. The van der Waals surface area contributed by atoms with E-state index in [1.807, 2.05) is 69.3 Å². The van der Waals surface area contributed by atoms with Crippen molar-refractivity contribution in [1.82, 2.24) is 14.9 Å². The number of benzene rings is 3. The van der Waals surface area contributed by atoms with E-state index in [4.69, 9.17) is 9.72 Å². The highest BCUT2D eigenvalue weighted by Gasteiger charge is 2.11. The van der Waals surface area contributed by atoms with Crippen LogP contribution in [-0.2, 0) is 4.79 Å². The Morgan fingerprint density at radius 1 is 1.00 bits per heavy atom. The van der Waals surface area contributed by atoms with Crippen LogP contribution in [0.4, 0.5) is 28.8 Å². The zero-order valence-corrected chi connectivity index (χ0v) is 21.6. The van der Waals surface area contributed by atoms with E-state index in [9.17, 15) is 4.79 Å². The fraction of sp³-hybridized carbons (Fsp3) is 0.207. The number of rotatable bonds is 10. The van der Waals surface area contributed by atoms with Crippen molar-refractivity contribution in [2.75, 3.05) is 43.2 Å². The van der Waals surface area contributed by atoms with Gasteiger partial charge in [-0.2, -0.15) is 4.98 Å². The van der Waals surface area contributed by atoms with Gasteiger partial charge in [0.1, 0.15) is 11.6 Å². The third-order valence-corrected chi connectivity index (χ3v) is 5.52. The highest BCUT2D eigenvalue weighted by Crippen LogP contribution is 2.31. The second-order valence-corrected chi connectivity index (χ2v) is 8.83. The second-order valence-electron chi connectivity index (χ2n) is 8.83. The molecular formula is C29H32N6O2. The Morgan fingerprint density at radius 2 is 1.78 bits per heavy atom. The molecule has 0 saturated heterocycles. The number of aryl methyl sites for hydroxylation is 1. The normalized spacial score (nSPS) is 11.2. The molecule has 0 atom stereocenters. The first kappa shape index (κ1) is 25.7. The molecule has 190 valence electrons. The molecule has 0 aliphatic rings. The summed E-state index contributed by atoms with van der Waals surface area (Å²) in [4.78, 5) is 23.4. The lowest BCUT2D eigenvalue weighted by atomic mass is 10.1. The molecule has 1 amide bonds. The van der Waals surface area contributed by atoms with E-state index < -0.39 is 0 Å². The number of carbonyl (C=O) groups excluding carboxylic acids is 1. The lowest BCUT2D eigenvalue weighted by Crippen LogP contribution is -2.13. The standard InChI is InChI=1S/C29H32N6O2/c1-5-37-26-15-14-24(31-27(36)11-8-16-35(3)4)18-25(26)33-29-30-19-20(2)28(34-29)32-23-13-12-21-9-6-7-10-22(21)17-23/h6-15,17-19H,5,16H2,1-4H3,(H,31,36)(H2,30,32,33,34)/b11-8+. The largest absolute Gasteiger partial charge is 0.492 e. The maximum atomic E-state index is 12.3. The van der Waals surface area contributed by atoms with E-state index >= 15 is 0 Å². The van der Waals surface area contributed by atoms with Crippen LogP contribution in [0.5, 0.6) is 5.75 Å². The number of ether oxygens (including phenoxy) is 1. The Hall–Kier alpha value is -4.43. The van der Waals surface area contributed by atoms with Crippen LogP contribution >= 0.6 is 0 Å². The van der Waals surface area contributed by atoms with Crippen molar-refractivity contribution in [1.29, 1.82) is 0 Å². The highest BCUT2D eigenvalue weighted by molar-refractivity contribution is 5.99. The lowest BCUT2D eigenvalue weighted by Gasteiger charge is -2.15. The van der Waals surface area contributed by atoms with E-state index in [1.165, 1.54) is 11.5 Å². The SMILES string of the molecule is CCOc1ccc(NC(=O)/C=C/CN(C)C)cc1Nc1ncc(C)c(Nc2ccc3ccccc3c2)n1. The van der Waals surface area contributed by atoms with Crippen LogP contribution in [0.25, 0.3) is 10.8 Å². The van der Waals surface area contributed by atoms with Gasteiger partial charge in [-0.05, 0) is 69.0 Å².